The molecule has 0 bridgehead atoms. The van der Waals surface area contributed by atoms with Crippen LogP contribution < -0.4 is 16.2 Å². The highest BCUT2D eigenvalue weighted by molar-refractivity contribution is 5.82. The van der Waals surface area contributed by atoms with Crippen molar-refractivity contribution in [3.8, 4) is 0 Å². The van der Waals surface area contributed by atoms with Gasteiger partial charge in [0.1, 0.15) is 5.82 Å². The van der Waals surface area contributed by atoms with E-state index in [4.69, 9.17) is 5.84 Å². The van der Waals surface area contributed by atoms with Gasteiger partial charge in [-0.05, 0) is 43.9 Å². The first kappa shape index (κ1) is 13.8. The van der Waals surface area contributed by atoms with E-state index >= 15 is 0 Å². The van der Waals surface area contributed by atoms with Gasteiger partial charge in [-0.2, -0.15) is 0 Å². The van der Waals surface area contributed by atoms with Crippen molar-refractivity contribution in [1.82, 2.24) is 5.43 Å². The van der Waals surface area contributed by atoms with E-state index in [2.05, 4.69) is 26.2 Å². The maximum absolute atomic E-state index is 13.5. The topological polar surface area (TPSA) is 58.4 Å². The lowest BCUT2D eigenvalue weighted by Crippen LogP contribution is -2.53. The van der Waals surface area contributed by atoms with Gasteiger partial charge in [0.05, 0.1) is 6.54 Å². The molecule has 0 aliphatic carbocycles. The van der Waals surface area contributed by atoms with Crippen LogP contribution in [0.4, 0.5) is 10.1 Å². The standard InChI is InChI=1S/C14H20FN3O/c1-9-7-14(2,3)18(8-13(19)17-16)12-6-10(15)4-5-11(9)12/h4-6,9H,7-8,16H2,1-3H3,(H,17,19)/t9-/m1/s1. The second-order valence-corrected chi connectivity index (χ2v) is 5.77. The van der Waals surface area contributed by atoms with Crippen LogP contribution >= 0.6 is 0 Å². The Hall–Kier alpha value is -1.62. The molecule has 1 aromatic carbocycles. The van der Waals surface area contributed by atoms with Crippen LogP contribution in [0.15, 0.2) is 18.2 Å². The molecule has 104 valence electrons. The molecular formula is C14H20FN3O. The SMILES string of the molecule is C[C@@H]1CC(C)(C)N(CC(=O)NN)c2cc(F)ccc21. The molecule has 0 fully saturated rings. The fourth-order valence-corrected chi connectivity index (χ4v) is 2.95. The summed E-state index contributed by atoms with van der Waals surface area (Å²) in [7, 11) is 0. The number of hydrazine groups is 1. The molecule has 1 heterocycles. The van der Waals surface area contributed by atoms with Crippen molar-refractivity contribution in [2.24, 2.45) is 5.84 Å². The highest BCUT2D eigenvalue weighted by Crippen LogP contribution is 2.43. The van der Waals surface area contributed by atoms with E-state index < -0.39 is 0 Å². The number of carbonyl (C=O) groups excluding carboxylic acids is 1. The van der Waals surface area contributed by atoms with E-state index in [9.17, 15) is 9.18 Å². The number of nitrogens with two attached hydrogens (primary N) is 1. The molecular weight excluding hydrogens is 245 g/mol. The Balaban J connectivity index is 2.47. The predicted octanol–water partition coefficient (Wildman–Crippen LogP) is 1.91. The van der Waals surface area contributed by atoms with Gasteiger partial charge in [0.15, 0.2) is 0 Å². The zero-order chi connectivity index (χ0) is 14.2. The summed E-state index contributed by atoms with van der Waals surface area (Å²) in [6, 6.07) is 4.77. The van der Waals surface area contributed by atoms with Gasteiger partial charge >= 0.3 is 0 Å². The van der Waals surface area contributed by atoms with Crippen LogP contribution in [-0.4, -0.2) is 18.0 Å². The summed E-state index contributed by atoms with van der Waals surface area (Å²) >= 11 is 0. The smallest absolute Gasteiger partial charge is 0.253 e. The molecule has 0 saturated heterocycles. The molecule has 1 aliphatic rings. The first-order chi connectivity index (χ1) is 8.85. The Bertz CT molecular complexity index is 501. The van der Waals surface area contributed by atoms with Crippen LogP contribution in [0.3, 0.4) is 0 Å². The number of halogens is 1. The summed E-state index contributed by atoms with van der Waals surface area (Å²) in [5.41, 5.74) is 3.78. The minimum Gasteiger partial charge on any atom is -0.357 e. The summed E-state index contributed by atoms with van der Waals surface area (Å²) in [5, 5.41) is 0. The van der Waals surface area contributed by atoms with Crippen LogP contribution in [0.25, 0.3) is 0 Å². The Morgan fingerprint density at radius 2 is 2.26 bits per heavy atom. The molecule has 19 heavy (non-hydrogen) atoms. The number of hydrogen-bond donors (Lipinski definition) is 2. The average Bonchev–Trinajstić information content (AvgIpc) is 2.33. The van der Waals surface area contributed by atoms with Gasteiger partial charge in [-0.15, -0.1) is 0 Å². The number of carbonyl (C=O) groups is 1. The van der Waals surface area contributed by atoms with E-state index in [1.807, 2.05) is 4.90 Å². The van der Waals surface area contributed by atoms with Crippen molar-refractivity contribution in [3.05, 3.63) is 29.6 Å². The molecule has 0 saturated carbocycles. The summed E-state index contributed by atoms with van der Waals surface area (Å²) in [6.07, 6.45) is 0.906. The molecule has 0 radical (unpaired) electrons. The highest BCUT2D eigenvalue weighted by Gasteiger charge is 2.37. The third-order valence-corrected chi connectivity index (χ3v) is 3.81. The molecule has 0 aromatic heterocycles. The van der Waals surface area contributed by atoms with Gasteiger partial charge in [0.2, 0.25) is 0 Å². The zero-order valence-corrected chi connectivity index (χ0v) is 11.5. The Morgan fingerprint density at radius 3 is 2.89 bits per heavy atom. The average molecular weight is 265 g/mol. The quantitative estimate of drug-likeness (QED) is 0.488. The van der Waals surface area contributed by atoms with Crippen LogP contribution in [0, 0.1) is 5.82 Å². The van der Waals surface area contributed by atoms with E-state index in [0.29, 0.717) is 5.92 Å². The van der Waals surface area contributed by atoms with Crippen LogP contribution in [-0.2, 0) is 4.79 Å². The van der Waals surface area contributed by atoms with Crippen molar-refractivity contribution in [3.63, 3.8) is 0 Å². The molecule has 1 aromatic rings. The minimum atomic E-state index is -0.290. The van der Waals surface area contributed by atoms with E-state index in [0.717, 1.165) is 17.7 Å². The first-order valence-corrected chi connectivity index (χ1v) is 6.41. The molecule has 1 aliphatic heterocycles. The molecule has 1 atom stereocenters. The number of fused-ring (bicyclic) bond motifs is 1. The van der Waals surface area contributed by atoms with Crippen molar-refractivity contribution >= 4 is 11.6 Å². The van der Waals surface area contributed by atoms with E-state index in [1.165, 1.54) is 12.1 Å². The number of benzene rings is 1. The number of anilines is 1. The molecule has 0 unspecified atom stereocenters. The molecule has 5 heteroatoms. The van der Waals surface area contributed by atoms with Gasteiger partial charge in [-0.25, -0.2) is 10.2 Å². The zero-order valence-electron chi connectivity index (χ0n) is 11.5. The molecule has 0 spiro atoms. The molecule has 4 nitrogen and oxygen atoms in total. The fraction of sp³-hybridized carbons (Fsp3) is 0.500. The minimum absolute atomic E-state index is 0.132. The van der Waals surface area contributed by atoms with Gasteiger partial charge in [-0.3, -0.25) is 10.2 Å². The third-order valence-electron chi connectivity index (χ3n) is 3.81. The maximum atomic E-state index is 13.5. The second-order valence-electron chi connectivity index (χ2n) is 5.77. The second kappa shape index (κ2) is 4.81. The predicted molar refractivity (Wildman–Crippen MR) is 73.2 cm³/mol. The number of nitrogens with zero attached hydrogens (tertiary/aromatic N) is 1. The maximum Gasteiger partial charge on any atom is 0.253 e. The molecule has 1 amide bonds. The number of amides is 1. The molecule has 3 N–H and O–H groups in total. The number of nitrogens with one attached hydrogen (secondary N) is 1. The lowest BCUT2D eigenvalue weighted by atomic mass is 9.80. The van der Waals surface area contributed by atoms with Crippen molar-refractivity contribution in [2.75, 3.05) is 11.4 Å². The van der Waals surface area contributed by atoms with Crippen molar-refractivity contribution in [2.45, 2.75) is 38.6 Å². The van der Waals surface area contributed by atoms with E-state index in [-0.39, 0.29) is 23.8 Å². The molecule has 2 rings (SSSR count). The normalized spacial score (nSPS) is 20.9. The summed E-state index contributed by atoms with van der Waals surface area (Å²) < 4.78 is 13.5. The van der Waals surface area contributed by atoms with Crippen molar-refractivity contribution < 1.29 is 9.18 Å². The van der Waals surface area contributed by atoms with Crippen LogP contribution in [0.1, 0.15) is 38.7 Å². The monoisotopic (exact) mass is 265 g/mol. The summed E-state index contributed by atoms with van der Waals surface area (Å²) in [4.78, 5) is 13.5. The Labute approximate surface area is 112 Å². The fourth-order valence-electron chi connectivity index (χ4n) is 2.95. The Kier molecular flexibility index (Phi) is 3.49. The summed E-state index contributed by atoms with van der Waals surface area (Å²) in [6.45, 7) is 6.37. The van der Waals surface area contributed by atoms with E-state index in [1.54, 1.807) is 6.07 Å². The Morgan fingerprint density at radius 1 is 1.58 bits per heavy atom. The summed E-state index contributed by atoms with van der Waals surface area (Å²) in [5.74, 6) is 4.92. The van der Waals surface area contributed by atoms with Crippen molar-refractivity contribution in [1.29, 1.82) is 0 Å². The van der Waals surface area contributed by atoms with Gasteiger partial charge in [0, 0.05) is 11.2 Å². The van der Waals surface area contributed by atoms with Crippen LogP contribution in [0.2, 0.25) is 0 Å². The highest BCUT2D eigenvalue weighted by atomic mass is 19.1. The largest absolute Gasteiger partial charge is 0.357 e. The van der Waals surface area contributed by atoms with Gasteiger partial charge in [0.25, 0.3) is 5.91 Å². The number of hydrogen-bond acceptors (Lipinski definition) is 3. The first-order valence-electron chi connectivity index (χ1n) is 6.41. The lowest BCUT2D eigenvalue weighted by Gasteiger charge is -2.47. The van der Waals surface area contributed by atoms with Gasteiger partial charge < -0.3 is 4.90 Å². The van der Waals surface area contributed by atoms with Gasteiger partial charge in [-0.1, -0.05) is 13.0 Å². The lowest BCUT2D eigenvalue weighted by molar-refractivity contribution is -0.120. The van der Waals surface area contributed by atoms with Crippen LogP contribution in [0.5, 0.6) is 0 Å². The third kappa shape index (κ3) is 2.56. The number of rotatable bonds is 2.